The van der Waals surface area contributed by atoms with Gasteiger partial charge in [0.15, 0.2) is 5.58 Å². The minimum atomic E-state index is 0.549. The minimum Gasteiger partial charge on any atom is -0.489 e. The molecule has 0 aliphatic heterocycles. The molecule has 0 atom stereocenters. The third-order valence-corrected chi connectivity index (χ3v) is 4.34. The molecule has 0 spiro atoms. The maximum absolute atomic E-state index is 5.99. The number of hydrogen-bond acceptors (Lipinski definition) is 3. The second-order valence-corrected chi connectivity index (χ2v) is 6.31. The third-order valence-electron chi connectivity index (χ3n) is 4.11. The average Bonchev–Trinajstić information content (AvgIpc) is 3.04. The third kappa shape index (κ3) is 3.37. The number of rotatable bonds is 4. The van der Waals surface area contributed by atoms with Crippen molar-refractivity contribution < 1.29 is 9.15 Å². The Kier molecular flexibility index (Phi) is 4.16. The van der Waals surface area contributed by atoms with Crippen molar-refractivity contribution in [1.82, 2.24) is 4.98 Å². The number of halogens is 1. The Morgan fingerprint density at radius 2 is 1.80 bits per heavy atom. The van der Waals surface area contributed by atoms with Gasteiger partial charge < -0.3 is 9.15 Å². The summed E-state index contributed by atoms with van der Waals surface area (Å²) in [6.45, 7) is 2.63. The Balaban J connectivity index is 1.52. The molecule has 3 aromatic carbocycles. The van der Waals surface area contributed by atoms with Gasteiger partial charge >= 0.3 is 0 Å². The van der Waals surface area contributed by atoms with E-state index in [2.05, 4.69) is 24.0 Å². The van der Waals surface area contributed by atoms with Crippen LogP contribution in [-0.2, 0) is 6.61 Å². The summed E-state index contributed by atoms with van der Waals surface area (Å²) < 4.78 is 11.7. The van der Waals surface area contributed by atoms with Gasteiger partial charge in [-0.2, -0.15) is 0 Å². The van der Waals surface area contributed by atoms with Crippen molar-refractivity contribution in [2.45, 2.75) is 13.5 Å². The second kappa shape index (κ2) is 6.61. The largest absolute Gasteiger partial charge is 0.489 e. The predicted molar refractivity (Wildman–Crippen MR) is 100.0 cm³/mol. The Labute approximate surface area is 150 Å². The smallest absolute Gasteiger partial charge is 0.227 e. The summed E-state index contributed by atoms with van der Waals surface area (Å²) in [6.07, 6.45) is 0. The summed E-state index contributed by atoms with van der Waals surface area (Å²) in [7, 11) is 0. The highest BCUT2D eigenvalue weighted by atomic mass is 35.5. The van der Waals surface area contributed by atoms with Gasteiger partial charge in [-0.25, -0.2) is 4.98 Å². The van der Waals surface area contributed by atoms with E-state index in [1.54, 1.807) is 12.1 Å². The van der Waals surface area contributed by atoms with Crippen LogP contribution in [0.4, 0.5) is 0 Å². The molecular formula is C21H16ClNO2. The number of hydrogen-bond donors (Lipinski definition) is 0. The topological polar surface area (TPSA) is 35.3 Å². The summed E-state index contributed by atoms with van der Waals surface area (Å²) in [5.41, 5.74) is 4.78. The molecule has 25 heavy (non-hydrogen) atoms. The van der Waals surface area contributed by atoms with Crippen molar-refractivity contribution in [2.75, 3.05) is 0 Å². The van der Waals surface area contributed by atoms with Gasteiger partial charge in [0.1, 0.15) is 17.9 Å². The van der Waals surface area contributed by atoms with Crippen molar-refractivity contribution in [1.29, 1.82) is 0 Å². The number of benzene rings is 3. The molecule has 4 rings (SSSR count). The lowest BCUT2D eigenvalue weighted by atomic mass is 10.1. The molecule has 3 nitrogen and oxygen atoms in total. The molecule has 0 saturated carbocycles. The number of ether oxygens (including phenoxy) is 1. The maximum atomic E-state index is 5.99. The van der Waals surface area contributed by atoms with E-state index in [-0.39, 0.29) is 0 Å². The molecular weight excluding hydrogens is 334 g/mol. The second-order valence-electron chi connectivity index (χ2n) is 5.87. The number of oxazole rings is 1. The van der Waals surface area contributed by atoms with E-state index < -0.39 is 0 Å². The van der Waals surface area contributed by atoms with Crippen LogP contribution >= 0.6 is 11.6 Å². The van der Waals surface area contributed by atoms with Crippen LogP contribution < -0.4 is 4.74 Å². The first-order chi connectivity index (χ1) is 12.2. The number of aromatic nitrogens is 1. The van der Waals surface area contributed by atoms with Crippen LogP contribution in [0.1, 0.15) is 11.1 Å². The zero-order valence-corrected chi connectivity index (χ0v) is 14.5. The van der Waals surface area contributed by atoms with E-state index in [1.807, 2.05) is 42.5 Å². The Bertz CT molecular complexity index is 1020. The summed E-state index contributed by atoms with van der Waals surface area (Å²) in [4.78, 5) is 4.49. The van der Waals surface area contributed by atoms with Gasteiger partial charge in [-0.3, -0.25) is 0 Å². The van der Waals surface area contributed by atoms with Gasteiger partial charge in [0.2, 0.25) is 5.89 Å². The molecule has 0 bridgehead atoms. The summed E-state index contributed by atoms with van der Waals surface area (Å²) in [6, 6.07) is 21.4. The van der Waals surface area contributed by atoms with Crippen molar-refractivity contribution in [2.24, 2.45) is 0 Å². The molecule has 0 saturated heterocycles. The molecule has 0 unspecified atom stereocenters. The van der Waals surface area contributed by atoms with Crippen molar-refractivity contribution in [3.05, 3.63) is 82.9 Å². The summed E-state index contributed by atoms with van der Waals surface area (Å²) >= 11 is 5.99. The normalized spacial score (nSPS) is 11.0. The van der Waals surface area contributed by atoms with E-state index in [9.17, 15) is 0 Å². The van der Waals surface area contributed by atoms with Crippen LogP contribution in [0.5, 0.6) is 5.75 Å². The zero-order chi connectivity index (χ0) is 17.2. The maximum Gasteiger partial charge on any atom is 0.227 e. The molecule has 0 amide bonds. The van der Waals surface area contributed by atoms with E-state index in [4.69, 9.17) is 20.8 Å². The van der Waals surface area contributed by atoms with Gasteiger partial charge in [0.05, 0.1) is 0 Å². The number of aryl methyl sites for hydroxylation is 1. The van der Waals surface area contributed by atoms with Crippen LogP contribution in [0.25, 0.3) is 22.6 Å². The molecule has 0 aliphatic carbocycles. The van der Waals surface area contributed by atoms with Crippen molar-refractivity contribution in [3.8, 4) is 17.2 Å². The van der Waals surface area contributed by atoms with Crippen molar-refractivity contribution >= 4 is 22.7 Å². The highest BCUT2D eigenvalue weighted by Crippen LogP contribution is 2.27. The van der Waals surface area contributed by atoms with E-state index in [0.29, 0.717) is 17.5 Å². The zero-order valence-electron chi connectivity index (χ0n) is 13.7. The highest BCUT2D eigenvalue weighted by molar-refractivity contribution is 6.31. The summed E-state index contributed by atoms with van der Waals surface area (Å²) in [5, 5.41) is 0.646. The molecule has 1 aromatic heterocycles. The number of nitrogens with zero attached hydrogens (tertiary/aromatic N) is 1. The van der Waals surface area contributed by atoms with Gasteiger partial charge in [0, 0.05) is 10.6 Å². The summed E-state index contributed by atoms with van der Waals surface area (Å²) in [5.74, 6) is 1.38. The molecule has 4 aromatic rings. The van der Waals surface area contributed by atoms with Crippen LogP contribution in [0.2, 0.25) is 5.02 Å². The molecule has 0 aliphatic rings. The lowest BCUT2D eigenvalue weighted by molar-refractivity contribution is 0.305. The quantitative estimate of drug-likeness (QED) is 0.451. The van der Waals surface area contributed by atoms with Crippen LogP contribution in [0.3, 0.4) is 0 Å². The first-order valence-corrected chi connectivity index (χ1v) is 8.41. The highest BCUT2D eigenvalue weighted by Gasteiger charge is 2.09. The Morgan fingerprint density at radius 1 is 1.00 bits per heavy atom. The van der Waals surface area contributed by atoms with E-state index in [1.165, 1.54) is 11.1 Å². The van der Waals surface area contributed by atoms with Crippen LogP contribution in [0, 0.1) is 6.92 Å². The van der Waals surface area contributed by atoms with Gasteiger partial charge in [-0.15, -0.1) is 0 Å². The fraction of sp³-hybridized carbons (Fsp3) is 0.0952. The van der Waals surface area contributed by atoms with Gasteiger partial charge in [-0.1, -0.05) is 35.9 Å². The number of fused-ring (bicyclic) bond motifs is 1. The van der Waals surface area contributed by atoms with Gasteiger partial charge in [-0.05, 0) is 60.5 Å². The molecule has 0 fully saturated rings. The van der Waals surface area contributed by atoms with Crippen molar-refractivity contribution in [3.63, 3.8) is 0 Å². The van der Waals surface area contributed by atoms with Crippen LogP contribution in [-0.4, -0.2) is 4.98 Å². The fourth-order valence-corrected chi connectivity index (χ4v) is 2.82. The standard InChI is InChI=1S/C21H16ClNO2/c1-14-4-2-3-5-16(14)13-24-18-9-6-15(7-10-18)21-23-19-12-17(22)8-11-20(19)25-21/h2-12H,13H2,1H3. The molecule has 0 radical (unpaired) electrons. The average molecular weight is 350 g/mol. The lowest BCUT2D eigenvalue weighted by Gasteiger charge is -2.08. The fourth-order valence-electron chi connectivity index (χ4n) is 2.65. The monoisotopic (exact) mass is 349 g/mol. The van der Waals surface area contributed by atoms with E-state index in [0.717, 1.165) is 22.4 Å². The van der Waals surface area contributed by atoms with Crippen LogP contribution in [0.15, 0.2) is 71.1 Å². The predicted octanol–water partition coefficient (Wildman–Crippen LogP) is 6.04. The first kappa shape index (κ1) is 15.7. The van der Waals surface area contributed by atoms with E-state index >= 15 is 0 Å². The molecule has 1 heterocycles. The first-order valence-electron chi connectivity index (χ1n) is 8.03. The lowest BCUT2D eigenvalue weighted by Crippen LogP contribution is -1.97. The molecule has 0 N–H and O–H groups in total. The molecule has 4 heteroatoms. The Morgan fingerprint density at radius 3 is 2.60 bits per heavy atom. The van der Waals surface area contributed by atoms with Gasteiger partial charge in [0.25, 0.3) is 0 Å². The molecule has 124 valence electrons. The SMILES string of the molecule is Cc1ccccc1COc1ccc(-c2nc3cc(Cl)ccc3o2)cc1. The minimum absolute atomic E-state index is 0.549. The Hall–Kier alpha value is -2.78.